The molecule has 0 bridgehead atoms. The highest BCUT2D eigenvalue weighted by molar-refractivity contribution is 14.1. The van der Waals surface area contributed by atoms with Crippen molar-refractivity contribution in [3.05, 3.63) is 107 Å². The minimum Gasteiger partial charge on any atom is -0.493 e. The number of ether oxygens (including phenoxy) is 2. The molecule has 0 unspecified atom stereocenters. The number of halogens is 1. The van der Waals surface area contributed by atoms with E-state index in [0.717, 1.165) is 31.3 Å². The van der Waals surface area contributed by atoms with Crippen LogP contribution in [0.2, 0.25) is 0 Å². The molecule has 4 aromatic carbocycles. The number of hydrogen-bond donors (Lipinski definition) is 0. The molecule has 7 heteroatoms. The van der Waals surface area contributed by atoms with Crippen molar-refractivity contribution in [3.8, 4) is 11.5 Å². The maximum Gasteiger partial charge on any atom is 0.274 e. The first kappa shape index (κ1) is 23.9. The molecule has 2 aromatic heterocycles. The topological polar surface area (TPSA) is 52.8 Å². The highest BCUT2D eigenvalue weighted by Crippen LogP contribution is 2.35. The Morgan fingerprint density at radius 3 is 2.65 bits per heavy atom. The Hall–Kier alpha value is -3.43. The van der Waals surface area contributed by atoms with Crippen molar-refractivity contribution in [2.24, 2.45) is 0 Å². The number of aryl methyl sites for hydroxylation is 2. The van der Waals surface area contributed by atoms with Gasteiger partial charge >= 0.3 is 0 Å². The summed E-state index contributed by atoms with van der Waals surface area (Å²) in [4.78, 5) is 18.7. The highest BCUT2D eigenvalue weighted by Gasteiger charge is 2.15. The molecular formula is C30H23IN2O3S. The molecule has 0 aliphatic carbocycles. The van der Waals surface area contributed by atoms with E-state index >= 15 is 0 Å². The second-order valence-electron chi connectivity index (χ2n) is 9.03. The molecule has 0 amide bonds. The number of thiazole rings is 1. The summed E-state index contributed by atoms with van der Waals surface area (Å²) >= 11 is 3.66. The van der Waals surface area contributed by atoms with Crippen molar-refractivity contribution in [2.45, 2.75) is 20.5 Å². The number of nitrogens with zero attached hydrogens (tertiary/aromatic N) is 2. The van der Waals surface area contributed by atoms with Crippen LogP contribution in [0.25, 0.3) is 32.8 Å². The maximum atomic E-state index is 13.3. The summed E-state index contributed by atoms with van der Waals surface area (Å²) in [6, 6.07) is 22.5. The van der Waals surface area contributed by atoms with Crippen molar-refractivity contribution in [3.63, 3.8) is 0 Å². The highest BCUT2D eigenvalue weighted by atomic mass is 127. The zero-order valence-electron chi connectivity index (χ0n) is 20.5. The first-order valence-corrected chi connectivity index (χ1v) is 13.7. The van der Waals surface area contributed by atoms with Crippen molar-refractivity contribution < 1.29 is 9.47 Å². The van der Waals surface area contributed by atoms with Crippen LogP contribution in [0.15, 0.2) is 71.5 Å². The summed E-state index contributed by atoms with van der Waals surface area (Å²) in [5.74, 6) is 1.32. The molecule has 6 aromatic rings. The van der Waals surface area contributed by atoms with Crippen molar-refractivity contribution in [2.75, 3.05) is 7.11 Å². The molecule has 37 heavy (non-hydrogen) atoms. The summed E-state index contributed by atoms with van der Waals surface area (Å²) in [6.45, 7) is 4.54. The Balaban J connectivity index is 1.37. The molecule has 0 N–H and O–H groups in total. The Morgan fingerprint density at radius 1 is 1.03 bits per heavy atom. The Morgan fingerprint density at radius 2 is 1.81 bits per heavy atom. The third-order valence-corrected chi connectivity index (χ3v) is 8.43. The standard InChI is InChI=1S/C30H23IN2O3S/c1-17-11-24-25(12-18(17)2)33-29(34)27(37-30(33)32-24)15-19-13-23(31)28(26(14-19)35-3)36-16-21-9-6-8-20-7-4-5-10-22(20)21/h4-15H,16H2,1-3H3/b27-15-. The van der Waals surface area contributed by atoms with Crippen LogP contribution in [0.1, 0.15) is 22.3 Å². The van der Waals surface area contributed by atoms with Gasteiger partial charge in [-0.1, -0.05) is 53.8 Å². The van der Waals surface area contributed by atoms with Crippen LogP contribution in [-0.4, -0.2) is 16.5 Å². The van der Waals surface area contributed by atoms with E-state index < -0.39 is 0 Å². The van der Waals surface area contributed by atoms with Crippen LogP contribution >= 0.6 is 33.9 Å². The lowest BCUT2D eigenvalue weighted by atomic mass is 10.1. The third-order valence-electron chi connectivity index (χ3n) is 6.66. The van der Waals surface area contributed by atoms with Crippen molar-refractivity contribution >= 4 is 66.8 Å². The van der Waals surface area contributed by atoms with Crippen LogP contribution in [0.3, 0.4) is 0 Å². The second-order valence-corrected chi connectivity index (χ2v) is 11.2. The van der Waals surface area contributed by atoms with E-state index in [1.54, 1.807) is 11.5 Å². The lowest BCUT2D eigenvalue weighted by Crippen LogP contribution is -2.22. The number of aromatic nitrogens is 2. The maximum absolute atomic E-state index is 13.3. The van der Waals surface area contributed by atoms with E-state index in [2.05, 4.69) is 60.7 Å². The van der Waals surface area contributed by atoms with E-state index in [-0.39, 0.29) is 5.56 Å². The fourth-order valence-electron chi connectivity index (χ4n) is 4.60. The predicted octanol–water partition coefficient (Wildman–Crippen LogP) is 6.42. The fourth-order valence-corrected chi connectivity index (χ4v) is 6.37. The molecule has 0 aliphatic heterocycles. The molecule has 0 spiro atoms. The molecule has 0 atom stereocenters. The van der Waals surface area contributed by atoms with E-state index in [4.69, 9.17) is 14.5 Å². The molecule has 6 rings (SSSR count). The number of rotatable bonds is 5. The quantitative estimate of drug-likeness (QED) is 0.210. The zero-order chi connectivity index (χ0) is 25.7. The minimum atomic E-state index is -0.0592. The number of hydrogen-bond acceptors (Lipinski definition) is 5. The average molecular weight is 618 g/mol. The minimum absolute atomic E-state index is 0.0592. The first-order chi connectivity index (χ1) is 17.9. The van der Waals surface area contributed by atoms with Gasteiger partial charge in [0.15, 0.2) is 16.5 Å². The van der Waals surface area contributed by atoms with E-state index in [0.29, 0.717) is 27.6 Å². The Bertz CT molecular complexity index is 1940. The first-order valence-electron chi connectivity index (χ1n) is 11.8. The molecule has 5 nitrogen and oxygen atoms in total. The SMILES string of the molecule is COc1cc(/C=c2\sc3nc4cc(C)c(C)cc4n3c2=O)cc(I)c1OCc1cccc2ccccc12. The van der Waals surface area contributed by atoms with Gasteiger partial charge in [-0.2, -0.15) is 0 Å². The molecule has 0 saturated carbocycles. The summed E-state index contributed by atoms with van der Waals surface area (Å²) in [5, 5.41) is 2.36. The summed E-state index contributed by atoms with van der Waals surface area (Å²) in [6.07, 6.45) is 1.90. The van der Waals surface area contributed by atoms with Gasteiger partial charge in [0.25, 0.3) is 5.56 Å². The van der Waals surface area contributed by atoms with Crippen LogP contribution in [0, 0.1) is 17.4 Å². The van der Waals surface area contributed by atoms with Gasteiger partial charge in [-0.15, -0.1) is 0 Å². The second kappa shape index (κ2) is 9.46. The van der Waals surface area contributed by atoms with Crippen molar-refractivity contribution in [1.29, 1.82) is 0 Å². The summed E-state index contributed by atoms with van der Waals surface area (Å²) in [5.41, 5.74) is 5.94. The molecule has 2 heterocycles. The van der Waals surface area contributed by atoms with Crippen LogP contribution in [-0.2, 0) is 6.61 Å². The summed E-state index contributed by atoms with van der Waals surface area (Å²) < 4.78 is 15.2. The van der Waals surface area contributed by atoms with E-state index in [1.165, 1.54) is 27.7 Å². The van der Waals surface area contributed by atoms with Gasteiger partial charge in [0.1, 0.15) is 6.61 Å². The molecule has 0 saturated heterocycles. The van der Waals surface area contributed by atoms with E-state index in [9.17, 15) is 4.79 Å². The molecular weight excluding hydrogens is 595 g/mol. The zero-order valence-corrected chi connectivity index (χ0v) is 23.5. The molecule has 0 fully saturated rings. The molecule has 0 aliphatic rings. The number of fused-ring (bicyclic) bond motifs is 4. The van der Waals surface area contributed by atoms with Crippen LogP contribution < -0.4 is 19.6 Å². The molecule has 184 valence electrons. The largest absolute Gasteiger partial charge is 0.493 e. The van der Waals surface area contributed by atoms with Crippen LogP contribution in [0.4, 0.5) is 0 Å². The molecule has 0 radical (unpaired) electrons. The predicted molar refractivity (Wildman–Crippen MR) is 159 cm³/mol. The number of imidazole rings is 1. The van der Waals surface area contributed by atoms with Gasteiger partial charge in [-0.25, -0.2) is 9.38 Å². The van der Waals surface area contributed by atoms with Gasteiger partial charge < -0.3 is 9.47 Å². The lowest BCUT2D eigenvalue weighted by molar-refractivity contribution is 0.283. The van der Waals surface area contributed by atoms with E-state index in [1.807, 2.05) is 48.5 Å². The smallest absolute Gasteiger partial charge is 0.274 e. The lowest BCUT2D eigenvalue weighted by Gasteiger charge is -2.14. The van der Waals surface area contributed by atoms with Crippen LogP contribution in [0.5, 0.6) is 11.5 Å². The van der Waals surface area contributed by atoms with Gasteiger partial charge in [-0.05, 0) is 99.8 Å². The third kappa shape index (κ3) is 4.26. The fraction of sp³-hybridized carbons (Fsp3) is 0.133. The normalized spacial score (nSPS) is 12.2. The average Bonchev–Trinajstić information content (AvgIpc) is 3.38. The van der Waals surface area contributed by atoms with Gasteiger partial charge in [0.05, 0.1) is 26.2 Å². The van der Waals surface area contributed by atoms with Gasteiger partial charge in [0.2, 0.25) is 0 Å². The number of benzene rings is 4. The van der Waals surface area contributed by atoms with Crippen molar-refractivity contribution in [1.82, 2.24) is 9.38 Å². The Labute approximate surface area is 231 Å². The summed E-state index contributed by atoms with van der Waals surface area (Å²) in [7, 11) is 1.63. The Kier molecular flexibility index (Phi) is 6.12. The van der Waals surface area contributed by atoms with Gasteiger partial charge in [0, 0.05) is 0 Å². The monoisotopic (exact) mass is 618 g/mol. The van der Waals surface area contributed by atoms with Gasteiger partial charge in [-0.3, -0.25) is 4.79 Å². The number of methoxy groups -OCH3 is 1.